The molecule has 107 heavy (non-hydrogen) atoms. The van der Waals surface area contributed by atoms with E-state index < -0.39 is 97.5 Å². The number of ether oxygens (including phenoxy) is 4. The van der Waals surface area contributed by atoms with Gasteiger partial charge in [-0.2, -0.15) is 0 Å². The van der Waals surface area contributed by atoms with Crippen molar-refractivity contribution < 1.29 is 80.2 Å². The average molecular weight is 1560 g/mol. The van der Waals surface area contributed by atoms with Gasteiger partial charge in [0.2, 0.25) is 0 Å². The van der Waals surface area contributed by atoms with E-state index >= 15 is 0 Å². The zero-order valence-electron chi connectivity index (χ0n) is 70.3. The normalized spacial score (nSPS) is 13.7. The number of carbonyl (C=O) groups excluding carboxylic acids is 4. The molecule has 0 saturated carbocycles. The third-order valence-electron chi connectivity index (χ3n) is 20.8. The summed E-state index contributed by atoms with van der Waals surface area (Å²) in [6.45, 7) is 7.41. The highest BCUT2D eigenvalue weighted by Gasteiger charge is 2.30. The van der Waals surface area contributed by atoms with Crippen molar-refractivity contribution in [2.45, 2.75) is 496 Å². The van der Waals surface area contributed by atoms with Crippen LogP contribution >= 0.6 is 15.6 Å². The van der Waals surface area contributed by atoms with E-state index in [1.807, 2.05) is 0 Å². The van der Waals surface area contributed by atoms with Crippen molar-refractivity contribution in [2.24, 2.45) is 5.92 Å². The Morgan fingerprint density at radius 3 is 0.636 bits per heavy atom. The van der Waals surface area contributed by atoms with Gasteiger partial charge in [-0.1, -0.05) is 426 Å². The van der Waals surface area contributed by atoms with E-state index in [4.69, 9.17) is 37.0 Å². The highest BCUT2D eigenvalue weighted by molar-refractivity contribution is 7.47. The van der Waals surface area contributed by atoms with E-state index in [2.05, 4.69) is 34.6 Å². The van der Waals surface area contributed by atoms with E-state index in [1.165, 1.54) is 302 Å². The van der Waals surface area contributed by atoms with Crippen LogP contribution in [-0.4, -0.2) is 96.7 Å². The van der Waals surface area contributed by atoms with Gasteiger partial charge in [-0.05, 0) is 31.6 Å². The molecule has 0 fully saturated rings. The molecule has 0 aliphatic heterocycles. The summed E-state index contributed by atoms with van der Waals surface area (Å²) in [5.74, 6) is -1.30. The third-order valence-corrected chi connectivity index (χ3v) is 22.7. The molecular formula is C88H172O17P2. The summed E-state index contributed by atoms with van der Waals surface area (Å²) in [5, 5.41) is 10.7. The highest BCUT2D eigenvalue weighted by atomic mass is 31.2. The van der Waals surface area contributed by atoms with Gasteiger partial charge in [-0.15, -0.1) is 0 Å². The van der Waals surface area contributed by atoms with Crippen LogP contribution < -0.4 is 0 Å². The maximum atomic E-state index is 13.2. The Kier molecular flexibility index (Phi) is 79.2. The van der Waals surface area contributed by atoms with E-state index in [0.717, 1.165) is 95.8 Å². The van der Waals surface area contributed by atoms with Crippen LogP contribution in [0, 0.1) is 5.92 Å². The first-order valence-electron chi connectivity index (χ1n) is 45.6. The lowest BCUT2D eigenvalue weighted by Crippen LogP contribution is -2.30. The molecule has 0 aromatic rings. The monoisotopic (exact) mass is 1560 g/mol. The summed E-state index contributed by atoms with van der Waals surface area (Å²) in [5.41, 5.74) is 0. The van der Waals surface area contributed by atoms with Crippen LogP contribution in [0.25, 0.3) is 0 Å². The maximum absolute atomic E-state index is 13.2. The first kappa shape index (κ1) is 105. The van der Waals surface area contributed by atoms with Crippen molar-refractivity contribution in [1.82, 2.24) is 0 Å². The Balaban J connectivity index is 5.24. The van der Waals surface area contributed by atoms with Crippen molar-refractivity contribution >= 4 is 39.5 Å². The molecule has 17 nitrogen and oxygen atoms in total. The summed E-state index contributed by atoms with van der Waals surface area (Å²) < 4.78 is 69.0. The first-order valence-corrected chi connectivity index (χ1v) is 48.6. The Morgan fingerprint density at radius 1 is 0.252 bits per heavy atom. The minimum absolute atomic E-state index is 0.109. The Bertz CT molecular complexity index is 2030. The van der Waals surface area contributed by atoms with Gasteiger partial charge in [0.05, 0.1) is 26.4 Å². The Morgan fingerprint density at radius 2 is 0.430 bits per heavy atom. The number of aliphatic hydroxyl groups excluding tert-OH is 1. The third kappa shape index (κ3) is 81.9. The number of carbonyl (C=O) groups is 4. The molecule has 0 spiro atoms. The molecule has 0 radical (unpaired) electrons. The highest BCUT2D eigenvalue weighted by Crippen LogP contribution is 2.45. The molecular weight excluding hydrogens is 1390 g/mol. The fraction of sp³-hybridized carbons (Fsp3) is 0.955. The van der Waals surface area contributed by atoms with E-state index in [1.54, 1.807) is 0 Å². The number of phosphoric ester groups is 2. The molecule has 5 atom stereocenters. The molecule has 0 bridgehead atoms. The molecule has 0 aromatic heterocycles. The second-order valence-corrected chi connectivity index (χ2v) is 35.0. The van der Waals surface area contributed by atoms with Gasteiger partial charge in [0.15, 0.2) is 12.2 Å². The summed E-state index contributed by atoms with van der Waals surface area (Å²) in [4.78, 5) is 73.3. The van der Waals surface area contributed by atoms with Crippen LogP contribution in [0.3, 0.4) is 0 Å². The fourth-order valence-corrected chi connectivity index (χ4v) is 15.4. The maximum Gasteiger partial charge on any atom is 0.472 e. The number of hydrogen-bond donors (Lipinski definition) is 3. The number of aliphatic hydroxyl groups is 1. The lowest BCUT2D eigenvalue weighted by molar-refractivity contribution is -0.161. The lowest BCUT2D eigenvalue weighted by atomic mass is 10.0. The fourth-order valence-electron chi connectivity index (χ4n) is 13.8. The van der Waals surface area contributed by atoms with Gasteiger partial charge in [0.25, 0.3) is 0 Å². The minimum Gasteiger partial charge on any atom is -0.462 e. The number of rotatable bonds is 88. The zero-order chi connectivity index (χ0) is 78.3. The quantitative estimate of drug-likeness (QED) is 0.0222. The molecule has 0 saturated heterocycles. The zero-order valence-corrected chi connectivity index (χ0v) is 72.1. The standard InChI is InChI=1S/C88H172O17P2/c1-6-9-12-15-18-21-24-27-29-30-31-32-33-34-35-37-44-49-54-59-64-69-74-88(93)105-84(78-99-86(91)72-67-62-57-52-47-42-39-38-41-45-50-55-60-65-70-81(4)5)80-103-107(96,97)101-76-82(89)75-100-106(94,95)102-79-83(77-98-85(90)71-66-61-56-51-46-40-26-23-20-17-14-11-8-3)104-87(92)73-68-63-58-53-48-43-36-28-25-22-19-16-13-10-7-2/h81-84,89H,6-80H2,1-5H3,(H,94,95)(H,96,97)/t82-,83+,84+/m0/s1. The summed E-state index contributed by atoms with van der Waals surface area (Å²) >= 11 is 0. The minimum atomic E-state index is -4.97. The molecule has 0 heterocycles. The summed E-state index contributed by atoms with van der Waals surface area (Å²) in [7, 11) is -9.93. The van der Waals surface area contributed by atoms with Crippen molar-refractivity contribution in [2.75, 3.05) is 39.6 Å². The second-order valence-electron chi connectivity index (χ2n) is 32.1. The average Bonchev–Trinajstić information content (AvgIpc) is 0.915. The van der Waals surface area contributed by atoms with Gasteiger partial charge in [-0.3, -0.25) is 37.3 Å². The van der Waals surface area contributed by atoms with Crippen molar-refractivity contribution in [1.29, 1.82) is 0 Å². The van der Waals surface area contributed by atoms with Crippen molar-refractivity contribution in [3.63, 3.8) is 0 Å². The molecule has 0 aromatic carbocycles. The van der Waals surface area contributed by atoms with Crippen LogP contribution in [0.4, 0.5) is 0 Å². The van der Waals surface area contributed by atoms with E-state index in [0.29, 0.717) is 25.7 Å². The molecule has 636 valence electrons. The van der Waals surface area contributed by atoms with Crippen LogP contribution in [0.1, 0.15) is 478 Å². The van der Waals surface area contributed by atoms with E-state index in [9.17, 15) is 43.2 Å². The molecule has 3 N–H and O–H groups in total. The SMILES string of the molecule is CCCCCCCCCCCCCCCCCCCCCCCCC(=O)O[C@H](COC(=O)CCCCCCCCCCCCCCCCC(C)C)COP(=O)(O)OC[C@@H](O)COP(=O)(O)OC[C@@H](COC(=O)CCCCCCCCCCCCCCC)OC(=O)CCCCCCCCCCCCCCCCC. The molecule has 19 heteroatoms. The van der Waals surface area contributed by atoms with Gasteiger partial charge < -0.3 is 33.8 Å². The summed E-state index contributed by atoms with van der Waals surface area (Å²) in [6, 6.07) is 0. The Hall–Kier alpha value is -1.94. The van der Waals surface area contributed by atoms with Crippen LogP contribution in [0.5, 0.6) is 0 Å². The first-order chi connectivity index (χ1) is 52.0. The summed E-state index contributed by atoms with van der Waals surface area (Å²) in [6.07, 6.45) is 74.9. The van der Waals surface area contributed by atoms with Crippen molar-refractivity contribution in [3.8, 4) is 0 Å². The second kappa shape index (κ2) is 80.7. The predicted molar refractivity (Wildman–Crippen MR) is 442 cm³/mol. The van der Waals surface area contributed by atoms with Crippen LogP contribution in [0.2, 0.25) is 0 Å². The molecule has 0 rings (SSSR count). The van der Waals surface area contributed by atoms with E-state index in [-0.39, 0.29) is 25.7 Å². The topological polar surface area (TPSA) is 237 Å². The Labute approximate surface area is 658 Å². The van der Waals surface area contributed by atoms with Gasteiger partial charge in [0.1, 0.15) is 19.3 Å². The smallest absolute Gasteiger partial charge is 0.462 e. The number of unbranched alkanes of at least 4 members (excludes halogenated alkanes) is 60. The lowest BCUT2D eigenvalue weighted by Gasteiger charge is -2.21. The predicted octanol–water partition coefficient (Wildman–Crippen LogP) is 27.2. The van der Waals surface area contributed by atoms with Crippen LogP contribution in [-0.2, 0) is 65.4 Å². The largest absolute Gasteiger partial charge is 0.472 e. The van der Waals surface area contributed by atoms with Gasteiger partial charge >= 0.3 is 39.5 Å². The number of hydrogen-bond acceptors (Lipinski definition) is 15. The number of esters is 4. The molecule has 0 amide bonds. The number of phosphoric acid groups is 2. The van der Waals surface area contributed by atoms with Gasteiger partial charge in [-0.25, -0.2) is 9.13 Å². The van der Waals surface area contributed by atoms with Crippen molar-refractivity contribution in [3.05, 3.63) is 0 Å². The molecule has 0 aliphatic carbocycles. The van der Waals surface area contributed by atoms with Gasteiger partial charge in [0, 0.05) is 25.7 Å². The molecule has 2 unspecified atom stereocenters. The molecule has 0 aliphatic rings. The van der Waals surface area contributed by atoms with Crippen LogP contribution in [0.15, 0.2) is 0 Å².